The molecule has 0 aliphatic carbocycles. The largest absolute Gasteiger partial charge is 0.504 e. The van der Waals surface area contributed by atoms with E-state index in [2.05, 4.69) is 15.2 Å². The summed E-state index contributed by atoms with van der Waals surface area (Å²) >= 11 is 1.29. The Morgan fingerprint density at radius 1 is 0.780 bits per heavy atom. The van der Waals surface area contributed by atoms with Crippen LogP contribution < -0.4 is 9.47 Å². The van der Waals surface area contributed by atoms with Crippen LogP contribution in [0.3, 0.4) is 0 Å². The molecule has 0 atom stereocenters. The van der Waals surface area contributed by atoms with E-state index < -0.39 is 15.3 Å². The molecule has 41 heavy (non-hydrogen) atoms. The molecule has 0 saturated heterocycles. The van der Waals surface area contributed by atoms with Crippen LogP contribution in [-0.2, 0) is 22.5 Å². The van der Waals surface area contributed by atoms with Crippen LogP contribution in [0.5, 0.6) is 23.0 Å². The summed E-state index contributed by atoms with van der Waals surface area (Å²) in [5, 5.41) is 66.0. The molecule has 0 spiro atoms. The van der Waals surface area contributed by atoms with Gasteiger partial charge in [-0.05, 0) is 30.5 Å². The number of aliphatic imine (C=N–C) groups is 1. The number of rotatable bonds is 5. The third kappa shape index (κ3) is 25.2. The van der Waals surface area contributed by atoms with Gasteiger partial charge >= 0.3 is 15.3 Å². The van der Waals surface area contributed by atoms with Crippen molar-refractivity contribution >= 4 is 29.4 Å². The summed E-state index contributed by atoms with van der Waals surface area (Å²) in [7, 11) is 2.95. The smallest absolute Gasteiger partial charge is 0.472 e. The predicted octanol–water partition coefficient (Wildman–Crippen LogP) is 0.994. The molecule has 2 aromatic rings. The van der Waals surface area contributed by atoms with E-state index in [1.165, 1.54) is 38.4 Å². The summed E-state index contributed by atoms with van der Waals surface area (Å²) in [4.78, 5) is 29.6. The Morgan fingerprint density at radius 2 is 1.12 bits per heavy atom. The third-order valence-corrected chi connectivity index (χ3v) is 3.89. The van der Waals surface area contributed by atoms with Crippen molar-refractivity contribution < 1.29 is 130 Å². The van der Waals surface area contributed by atoms with Crippen molar-refractivity contribution in [2.75, 3.05) is 20.5 Å². The molecule has 11 N–H and O–H groups in total. The Balaban J connectivity index is -0.000000245. The first-order chi connectivity index (χ1) is 17.8. The number of phenols is 2. The topological polar surface area (TPSA) is 311 Å². The van der Waals surface area contributed by atoms with Crippen molar-refractivity contribution in [1.29, 1.82) is 0 Å². The first-order valence-corrected chi connectivity index (χ1v) is 10.5. The van der Waals surface area contributed by atoms with Crippen LogP contribution in [-0.4, -0.2) is 94.8 Å². The Bertz CT molecular complexity index is 1120. The summed E-state index contributed by atoms with van der Waals surface area (Å²) in [5.74, 6) is 0.714. The molecule has 1 radical (unpaired) electrons. The van der Waals surface area contributed by atoms with Crippen LogP contribution in [0.2, 0.25) is 0 Å². The standard InChI is InChI=1S/C18H19N3O4S.Ce.Cu.3H2NO3.H2O/c1-24-14-8-4-6-12(16(14)22)10-19-18(26-3)21-20-11-13-7-5-9-15(25-2)17(13)23;;;3*2-1(3)4;/h4-11,22-23H,1-3H3;;;3*(H2,2,3,4);1H2/q;;;3*+1;/p+1. The van der Waals surface area contributed by atoms with Gasteiger partial charge in [-0.1, -0.05) is 23.9 Å². The molecule has 0 amide bonds. The quantitative estimate of drug-likeness (QED) is 0.0689. The molecule has 2 aromatic carbocycles. The minimum atomic E-state index is -1.25. The zero-order valence-corrected chi connectivity index (χ0v) is 26.1. The summed E-state index contributed by atoms with van der Waals surface area (Å²) in [6, 6.07) is 10.2. The van der Waals surface area contributed by atoms with Gasteiger partial charge in [0, 0.05) is 76.2 Å². The maximum absolute atomic E-state index is 10.0. The number of methoxy groups -OCH3 is 2. The monoisotopic (exact) mass is 787 g/mol. The number of amidine groups is 1. The molecule has 23 heteroatoms. The Hall–Kier alpha value is -3.54. The van der Waals surface area contributed by atoms with Gasteiger partial charge < -0.3 is 25.2 Å². The zero-order chi connectivity index (χ0) is 29.7. The summed E-state index contributed by atoms with van der Waals surface area (Å²) in [6.45, 7) is 0. The van der Waals surface area contributed by atoms with E-state index in [9.17, 15) is 10.2 Å². The number of thioether (sulfide) groups is 1. The number of aromatic hydroxyl groups is 2. The van der Waals surface area contributed by atoms with Crippen molar-refractivity contribution in [3.63, 3.8) is 0 Å². The van der Waals surface area contributed by atoms with Crippen LogP contribution in [0.15, 0.2) is 51.6 Å². The second-order valence-electron chi connectivity index (χ2n) is 5.64. The number of nitrogens with zero attached hydrogens (tertiary/aromatic N) is 6. The number of hydrogen-bond acceptors (Lipinski definition) is 10. The molecule has 0 aliphatic heterocycles. The van der Waals surface area contributed by atoms with Crippen molar-refractivity contribution in [3.8, 4) is 23.0 Å². The van der Waals surface area contributed by atoms with Gasteiger partial charge in [-0.25, -0.2) is 36.2 Å². The molecule has 20 nitrogen and oxygen atoms in total. The second-order valence-corrected chi connectivity index (χ2v) is 6.42. The average Bonchev–Trinajstić information content (AvgIpc) is 2.82. The molecule has 0 heterocycles. The van der Waals surface area contributed by atoms with Crippen molar-refractivity contribution in [1.82, 2.24) is 0 Å². The molecule has 2 rings (SSSR count). The van der Waals surface area contributed by atoms with E-state index in [0.29, 0.717) is 27.8 Å². The molecule has 0 aliphatic rings. The van der Waals surface area contributed by atoms with E-state index >= 15 is 0 Å². The van der Waals surface area contributed by atoms with E-state index in [-0.39, 0.29) is 75.8 Å². The second kappa shape index (κ2) is 28.0. The van der Waals surface area contributed by atoms with Gasteiger partial charge in [0.15, 0.2) is 23.0 Å². The number of benzene rings is 2. The third-order valence-electron chi connectivity index (χ3n) is 3.34. The molecular formula is C18H28CeCuN6O14S+4. The predicted molar refractivity (Wildman–Crippen MR) is 132 cm³/mol. The molecular weight excluding hydrogens is 760 g/mol. The fraction of sp³-hybridized carbons (Fsp3) is 0.167. The number of hydrogen-bond donors (Lipinski definition) is 8. The SMILES string of the molecule is COc1cccc(C=NN=C(N=Cc2cccc(OC)c2O)SC)c1O.O=[N+](O)O.O=[N+](O)O.O=[N+](O)O.[Ce].[Cu].[OH3+]. The van der Waals surface area contributed by atoms with E-state index in [4.69, 9.17) is 55.4 Å². The molecule has 231 valence electrons. The van der Waals surface area contributed by atoms with Crippen molar-refractivity contribution in [3.05, 3.63) is 62.2 Å². The first-order valence-electron chi connectivity index (χ1n) is 9.26. The Labute approximate surface area is 278 Å². The number of ether oxygens (including phenoxy) is 2. The van der Waals surface area contributed by atoms with Crippen LogP contribution >= 0.6 is 11.8 Å². The van der Waals surface area contributed by atoms with Gasteiger partial charge in [0.1, 0.15) is 14.7 Å². The summed E-state index contributed by atoms with van der Waals surface area (Å²) < 4.78 is 10.1. The Kier molecular flexibility index (Phi) is 32.3. The van der Waals surface area contributed by atoms with Gasteiger partial charge in [0.25, 0.3) is 0 Å². The fourth-order valence-corrected chi connectivity index (χ4v) is 2.29. The van der Waals surface area contributed by atoms with Crippen molar-refractivity contribution in [2.24, 2.45) is 15.2 Å². The van der Waals surface area contributed by atoms with Gasteiger partial charge in [0.2, 0.25) is 5.17 Å². The Morgan fingerprint density at radius 3 is 1.44 bits per heavy atom. The molecule has 0 unspecified atom stereocenters. The van der Waals surface area contributed by atoms with Gasteiger partial charge in [-0.3, -0.25) is 0 Å². The van der Waals surface area contributed by atoms with E-state index in [0.717, 1.165) is 0 Å². The van der Waals surface area contributed by atoms with E-state index in [1.54, 1.807) is 42.7 Å². The number of para-hydroxylation sites is 2. The van der Waals surface area contributed by atoms with E-state index in [1.807, 2.05) is 0 Å². The summed E-state index contributed by atoms with van der Waals surface area (Å²) in [6.07, 6.45) is 4.69. The molecule has 0 aromatic heterocycles. The van der Waals surface area contributed by atoms with Gasteiger partial charge in [0.05, 0.1) is 20.4 Å². The minimum absolute atomic E-state index is 0. The molecule has 0 bridgehead atoms. The normalized spacial score (nSPS) is 9.39. The fourth-order valence-electron chi connectivity index (χ4n) is 2.00. The number of phenolic OH excluding ortho intramolecular Hbond substituents is 2. The van der Waals surface area contributed by atoms with Crippen LogP contribution in [0.4, 0.5) is 0 Å². The maximum atomic E-state index is 10.0. The average molecular weight is 788 g/mol. The van der Waals surface area contributed by atoms with Crippen LogP contribution in [0, 0.1) is 56.5 Å². The minimum Gasteiger partial charge on any atom is -0.504 e. The first kappa shape index (κ1) is 47.3. The maximum Gasteiger partial charge on any atom is 0.472 e. The van der Waals surface area contributed by atoms with Crippen LogP contribution in [0.25, 0.3) is 0 Å². The molecule has 0 saturated carbocycles. The van der Waals surface area contributed by atoms with Crippen LogP contribution in [0.1, 0.15) is 11.1 Å². The summed E-state index contributed by atoms with van der Waals surface area (Å²) in [5.41, 5.74) is 0.975. The van der Waals surface area contributed by atoms with Gasteiger partial charge in [-0.2, -0.15) is 5.10 Å². The molecule has 0 fully saturated rings. The zero-order valence-electron chi connectivity index (χ0n) is 21.2. The van der Waals surface area contributed by atoms with Crippen molar-refractivity contribution in [2.45, 2.75) is 0 Å². The van der Waals surface area contributed by atoms with Gasteiger partial charge in [-0.15, -0.1) is 5.10 Å².